The molecule has 5 heteroatoms. The van der Waals surface area contributed by atoms with Gasteiger partial charge in [-0.15, -0.1) is 0 Å². The Morgan fingerprint density at radius 3 is 3.00 bits per heavy atom. The highest BCUT2D eigenvalue weighted by Gasteiger charge is 2.18. The quantitative estimate of drug-likeness (QED) is 0.756. The Balaban J connectivity index is 1.96. The smallest absolute Gasteiger partial charge is 0.0625 e. The Morgan fingerprint density at radius 2 is 2.42 bits per heavy atom. The highest BCUT2D eigenvalue weighted by molar-refractivity contribution is 5.10. The summed E-state index contributed by atoms with van der Waals surface area (Å²) in [4.78, 5) is 2.32. The zero-order chi connectivity index (χ0) is 13.7. The molecule has 2 N–H and O–H groups in total. The fraction of sp³-hybridized carbons (Fsp3) is 0.786. The van der Waals surface area contributed by atoms with Crippen LogP contribution in [0.25, 0.3) is 0 Å². The van der Waals surface area contributed by atoms with Gasteiger partial charge in [0.25, 0.3) is 0 Å². The number of hydrogen-bond donors (Lipinski definition) is 2. The summed E-state index contributed by atoms with van der Waals surface area (Å²) in [7, 11) is 2.00. The Hall–Kier alpha value is -0.910. The van der Waals surface area contributed by atoms with E-state index in [2.05, 4.69) is 28.3 Å². The lowest BCUT2D eigenvalue weighted by Gasteiger charge is -2.24. The normalized spacial score (nSPS) is 19.5. The van der Waals surface area contributed by atoms with Crippen molar-refractivity contribution in [2.75, 3.05) is 26.2 Å². The van der Waals surface area contributed by atoms with Gasteiger partial charge < -0.3 is 10.4 Å². The van der Waals surface area contributed by atoms with E-state index in [1.54, 1.807) is 0 Å². The molecular formula is C14H26N4O. The maximum Gasteiger partial charge on any atom is 0.0625 e. The summed E-state index contributed by atoms with van der Waals surface area (Å²) in [6, 6.07) is 2.75. The Kier molecular flexibility index (Phi) is 5.36. The first-order chi connectivity index (χ1) is 9.22. The molecule has 0 amide bonds. The molecule has 1 fully saturated rings. The first-order valence-corrected chi connectivity index (χ1v) is 7.31. The van der Waals surface area contributed by atoms with E-state index < -0.39 is 0 Å². The molecule has 1 atom stereocenters. The highest BCUT2D eigenvalue weighted by Crippen LogP contribution is 2.11. The Bertz CT molecular complexity index is 385. The van der Waals surface area contributed by atoms with Crippen LogP contribution in [-0.2, 0) is 20.0 Å². The van der Waals surface area contributed by atoms with Crippen LogP contribution in [0.4, 0.5) is 0 Å². The van der Waals surface area contributed by atoms with E-state index in [4.69, 9.17) is 0 Å². The highest BCUT2D eigenvalue weighted by atomic mass is 16.3. The molecule has 2 heterocycles. The molecule has 0 saturated carbocycles. The van der Waals surface area contributed by atoms with Gasteiger partial charge in [-0.05, 0) is 31.9 Å². The molecule has 0 bridgehead atoms. The predicted molar refractivity (Wildman–Crippen MR) is 76.0 cm³/mol. The molecule has 0 aliphatic carbocycles. The summed E-state index contributed by atoms with van der Waals surface area (Å²) in [5, 5.41) is 17.2. The van der Waals surface area contributed by atoms with E-state index in [0.717, 1.165) is 38.3 Å². The lowest BCUT2D eigenvalue weighted by Crippen LogP contribution is -2.38. The van der Waals surface area contributed by atoms with Gasteiger partial charge >= 0.3 is 0 Å². The van der Waals surface area contributed by atoms with Gasteiger partial charge in [0.2, 0.25) is 0 Å². The van der Waals surface area contributed by atoms with Gasteiger partial charge in [0.15, 0.2) is 0 Å². The number of aliphatic hydroxyl groups is 1. The van der Waals surface area contributed by atoms with Crippen LogP contribution in [-0.4, -0.2) is 52.1 Å². The number of aromatic nitrogens is 2. The van der Waals surface area contributed by atoms with Crippen molar-refractivity contribution in [1.29, 1.82) is 0 Å². The second-order valence-electron chi connectivity index (χ2n) is 5.36. The predicted octanol–water partition coefficient (Wildman–Crippen LogP) is 0.529. The molecule has 0 radical (unpaired) electrons. The molecule has 0 aromatic carbocycles. The van der Waals surface area contributed by atoms with Crippen LogP contribution in [0.1, 0.15) is 31.2 Å². The minimum atomic E-state index is 0.213. The van der Waals surface area contributed by atoms with Gasteiger partial charge in [0.1, 0.15) is 0 Å². The molecule has 108 valence electrons. The lowest BCUT2D eigenvalue weighted by molar-refractivity contribution is 0.176. The fourth-order valence-electron chi connectivity index (χ4n) is 2.72. The molecule has 1 aromatic heterocycles. The second kappa shape index (κ2) is 7.03. The maximum absolute atomic E-state index is 9.22. The van der Waals surface area contributed by atoms with Crippen molar-refractivity contribution >= 4 is 0 Å². The Labute approximate surface area is 115 Å². The van der Waals surface area contributed by atoms with Crippen molar-refractivity contribution in [2.45, 2.75) is 38.8 Å². The van der Waals surface area contributed by atoms with Gasteiger partial charge in [0.05, 0.1) is 18.0 Å². The summed E-state index contributed by atoms with van der Waals surface area (Å²) in [5.74, 6) is 0. The van der Waals surface area contributed by atoms with Crippen molar-refractivity contribution in [3.63, 3.8) is 0 Å². The number of aliphatic hydroxyl groups excluding tert-OH is 1. The molecule has 5 nitrogen and oxygen atoms in total. The zero-order valence-corrected chi connectivity index (χ0v) is 12.1. The van der Waals surface area contributed by atoms with Gasteiger partial charge in [-0.25, -0.2) is 0 Å². The van der Waals surface area contributed by atoms with Crippen molar-refractivity contribution in [3.8, 4) is 0 Å². The fourth-order valence-corrected chi connectivity index (χ4v) is 2.72. The number of nitrogens with zero attached hydrogens (tertiary/aromatic N) is 3. The van der Waals surface area contributed by atoms with Crippen LogP contribution in [0.2, 0.25) is 0 Å². The van der Waals surface area contributed by atoms with Crippen molar-refractivity contribution in [1.82, 2.24) is 20.0 Å². The first kappa shape index (κ1) is 14.5. The van der Waals surface area contributed by atoms with E-state index in [9.17, 15) is 5.11 Å². The third-order valence-electron chi connectivity index (χ3n) is 3.83. The minimum Gasteiger partial charge on any atom is -0.395 e. The molecule has 1 aliphatic heterocycles. The number of nitrogens with one attached hydrogen (secondary N) is 1. The molecule has 2 rings (SSSR count). The summed E-state index contributed by atoms with van der Waals surface area (Å²) in [6.45, 7) is 6.06. The lowest BCUT2D eigenvalue weighted by atomic mass is 10.2. The van der Waals surface area contributed by atoms with E-state index >= 15 is 0 Å². The van der Waals surface area contributed by atoms with Gasteiger partial charge in [-0.2, -0.15) is 5.10 Å². The molecule has 1 aromatic rings. The van der Waals surface area contributed by atoms with Crippen molar-refractivity contribution in [2.24, 2.45) is 7.05 Å². The van der Waals surface area contributed by atoms with Crippen LogP contribution in [0, 0.1) is 0 Å². The molecule has 1 aliphatic rings. The van der Waals surface area contributed by atoms with Crippen LogP contribution >= 0.6 is 0 Å². The topological polar surface area (TPSA) is 53.3 Å². The largest absolute Gasteiger partial charge is 0.395 e. The third-order valence-corrected chi connectivity index (χ3v) is 3.83. The summed E-state index contributed by atoms with van der Waals surface area (Å²) >= 11 is 0. The van der Waals surface area contributed by atoms with E-state index in [1.807, 2.05) is 11.7 Å². The molecular weight excluding hydrogens is 240 g/mol. The van der Waals surface area contributed by atoms with E-state index in [0.29, 0.717) is 6.04 Å². The van der Waals surface area contributed by atoms with E-state index in [-0.39, 0.29) is 6.61 Å². The van der Waals surface area contributed by atoms with Crippen LogP contribution in [0.3, 0.4) is 0 Å². The average Bonchev–Trinajstić information content (AvgIpc) is 3.00. The van der Waals surface area contributed by atoms with Crippen molar-refractivity contribution < 1.29 is 5.11 Å². The molecule has 0 spiro atoms. The molecule has 19 heavy (non-hydrogen) atoms. The summed E-state index contributed by atoms with van der Waals surface area (Å²) < 4.78 is 1.96. The van der Waals surface area contributed by atoms with Crippen LogP contribution < -0.4 is 5.32 Å². The van der Waals surface area contributed by atoms with Crippen LogP contribution in [0.15, 0.2) is 6.07 Å². The average molecular weight is 266 g/mol. The minimum absolute atomic E-state index is 0.213. The Morgan fingerprint density at radius 1 is 1.58 bits per heavy atom. The molecule has 1 unspecified atom stereocenters. The third kappa shape index (κ3) is 4.03. The zero-order valence-electron chi connectivity index (χ0n) is 12.1. The van der Waals surface area contributed by atoms with Crippen molar-refractivity contribution in [3.05, 3.63) is 17.5 Å². The maximum atomic E-state index is 9.22. The van der Waals surface area contributed by atoms with Crippen LogP contribution in [0.5, 0.6) is 0 Å². The SMILES string of the molecule is CCc1cc(CN(CCO)CC2CCCN2)n(C)n1. The van der Waals surface area contributed by atoms with Gasteiger partial charge in [-0.3, -0.25) is 9.58 Å². The van der Waals surface area contributed by atoms with E-state index in [1.165, 1.54) is 18.5 Å². The number of hydrogen-bond acceptors (Lipinski definition) is 4. The van der Waals surface area contributed by atoms with Gasteiger partial charge in [-0.1, -0.05) is 6.92 Å². The number of aryl methyl sites for hydroxylation is 2. The monoisotopic (exact) mass is 266 g/mol. The molecule has 1 saturated heterocycles. The first-order valence-electron chi connectivity index (χ1n) is 7.31. The standard InChI is InChI=1S/C14H26N4O/c1-3-12-9-14(17(2)16-12)11-18(7-8-19)10-13-5-4-6-15-13/h9,13,15,19H,3-8,10-11H2,1-2H3. The summed E-state index contributed by atoms with van der Waals surface area (Å²) in [5.41, 5.74) is 2.36. The second-order valence-corrected chi connectivity index (χ2v) is 5.36. The number of rotatable bonds is 7. The summed E-state index contributed by atoms with van der Waals surface area (Å²) in [6.07, 6.45) is 3.48. The van der Waals surface area contributed by atoms with Gasteiger partial charge in [0, 0.05) is 32.7 Å².